The van der Waals surface area contributed by atoms with Crippen LogP contribution in [0.4, 0.5) is 24.5 Å². The summed E-state index contributed by atoms with van der Waals surface area (Å²) in [7, 11) is 0. The van der Waals surface area contributed by atoms with Gasteiger partial charge in [-0.25, -0.2) is 0 Å². The molecule has 2 rings (SSSR count). The van der Waals surface area contributed by atoms with Crippen LogP contribution in [0.15, 0.2) is 60.3 Å². The highest BCUT2D eigenvalue weighted by Crippen LogP contribution is 2.34. The summed E-state index contributed by atoms with van der Waals surface area (Å²) in [5, 5.41) is 14.1. The molecule has 0 unspecified atom stereocenters. The zero-order valence-corrected chi connectivity index (χ0v) is 14.8. The predicted octanol–water partition coefficient (Wildman–Crippen LogP) is 5.29. The predicted molar refractivity (Wildman–Crippen MR) is 97.9 cm³/mol. The van der Waals surface area contributed by atoms with Gasteiger partial charge in [-0.1, -0.05) is 38.1 Å². The smallest absolute Gasteiger partial charge is 0.360 e. The standard InChI is InChI=1S/C20H18F3N3O/c1-13(2)14-7-9-16(10-8-14)26-19(27)15(11-24)12-25-18-6-4-3-5-17(18)20(21,22)23/h3-10,12-13,25H,1-2H3,(H,26,27)/b15-12-. The number of carbonyl (C=O) groups is 1. The molecule has 140 valence electrons. The molecule has 0 heterocycles. The Morgan fingerprint density at radius 2 is 1.74 bits per heavy atom. The Bertz CT molecular complexity index is 879. The Hall–Kier alpha value is -3.27. The Morgan fingerprint density at radius 1 is 1.11 bits per heavy atom. The molecule has 0 aromatic heterocycles. The first kappa shape index (κ1) is 20.0. The summed E-state index contributed by atoms with van der Waals surface area (Å²) in [6, 6.07) is 13.6. The first-order valence-electron chi connectivity index (χ1n) is 8.16. The number of carbonyl (C=O) groups excluding carboxylic acids is 1. The number of benzene rings is 2. The number of nitriles is 1. The van der Waals surface area contributed by atoms with Crippen molar-refractivity contribution >= 4 is 17.3 Å². The molecule has 0 aliphatic heterocycles. The molecule has 0 aliphatic rings. The average Bonchev–Trinajstić information content (AvgIpc) is 2.62. The Morgan fingerprint density at radius 3 is 2.30 bits per heavy atom. The van der Waals surface area contributed by atoms with Gasteiger partial charge in [-0.3, -0.25) is 4.79 Å². The summed E-state index contributed by atoms with van der Waals surface area (Å²) in [4.78, 5) is 12.2. The largest absolute Gasteiger partial charge is 0.418 e. The van der Waals surface area contributed by atoms with E-state index in [0.29, 0.717) is 11.6 Å². The summed E-state index contributed by atoms with van der Waals surface area (Å²) in [5.41, 5.74) is 0.102. The molecule has 0 saturated heterocycles. The van der Waals surface area contributed by atoms with Gasteiger partial charge < -0.3 is 10.6 Å². The van der Waals surface area contributed by atoms with Crippen LogP contribution in [0.1, 0.15) is 30.9 Å². The highest BCUT2D eigenvalue weighted by atomic mass is 19.4. The van der Waals surface area contributed by atoms with Crippen molar-refractivity contribution in [2.75, 3.05) is 10.6 Å². The van der Waals surface area contributed by atoms with Crippen LogP contribution in [-0.4, -0.2) is 5.91 Å². The summed E-state index contributed by atoms with van der Waals surface area (Å²) < 4.78 is 39.0. The minimum Gasteiger partial charge on any atom is -0.360 e. The molecule has 2 aromatic rings. The van der Waals surface area contributed by atoms with Gasteiger partial charge in [0.2, 0.25) is 0 Å². The fourth-order valence-electron chi connectivity index (χ4n) is 2.30. The molecule has 0 bridgehead atoms. The lowest BCUT2D eigenvalue weighted by Gasteiger charge is -2.12. The highest BCUT2D eigenvalue weighted by molar-refractivity contribution is 6.06. The normalized spacial score (nSPS) is 11.8. The van der Waals surface area contributed by atoms with E-state index in [1.54, 1.807) is 18.2 Å². The maximum atomic E-state index is 13.0. The first-order chi connectivity index (χ1) is 12.7. The van der Waals surface area contributed by atoms with Crippen LogP contribution >= 0.6 is 0 Å². The zero-order chi connectivity index (χ0) is 20.0. The number of anilines is 2. The number of alkyl halides is 3. The molecule has 0 radical (unpaired) electrons. The van der Waals surface area contributed by atoms with Crippen LogP contribution < -0.4 is 10.6 Å². The van der Waals surface area contributed by atoms with E-state index in [4.69, 9.17) is 5.26 Å². The molecule has 0 fully saturated rings. The number of hydrogen-bond acceptors (Lipinski definition) is 3. The Balaban J connectivity index is 2.15. The second-order valence-corrected chi connectivity index (χ2v) is 6.09. The third-order valence-corrected chi connectivity index (χ3v) is 3.80. The molecule has 0 spiro atoms. The molecule has 0 saturated carbocycles. The van der Waals surface area contributed by atoms with Gasteiger partial charge in [0, 0.05) is 11.9 Å². The number of para-hydroxylation sites is 1. The summed E-state index contributed by atoms with van der Waals surface area (Å²) in [6.45, 7) is 4.07. The van der Waals surface area contributed by atoms with E-state index in [0.717, 1.165) is 17.8 Å². The van der Waals surface area contributed by atoms with Gasteiger partial charge in [-0.2, -0.15) is 18.4 Å². The maximum Gasteiger partial charge on any atom is 0.418 e. The summed E-state index contributed by atoms with van der Waals surface area (Å²) in [5.74, 6) is -0.381. The first-order valence-corrected chi connectivity index (χ1v) is 8.16. The topological polar surface area (TPSA) is 64.9 Å². The number of nitrogens with zero attached hydrogens (tertiary/aromatic N) is 1. The van der Waals surface area contributed by atoms with Gasteiger partial charge in [0.05, 0.1) is 11.3 Å². The van der Waals surface area contributed by atoms with Crippen molar-refractivity contribution < 1.29 is 18.0 Å². The minimum absolute atomic E-state index is 0.244. The van der Waals surface area contributed by atoms with Crippen LogP contribution in [0.25, 0.3) is 0 Å². The quantitative estimate of drug-likeness (QED) is 0.553. The van der Waals surface area contributed by atoms with E-state index in [2.05, 4.69) is 10.6 Å². The zero-order valence-electron chi connectivity index (χ0n) is 14.8. The van der Waals surface area contributed by atoms with Crippen LogP contribution in [0.3, 0.4) is 0 Å². The average molecular weight is 373 g/mol. The third-order valence-electron chi connectivity index (χ3n) is 3.80. The monoisotopic (exact) mass is 373 g/mol. The fraction of sp³-hybridized carbons (Fsp3) is 0.200. The van der Waals surface area contributed by atoms with Gasteiger partial charge >= 0.3 is 6.18 Å². The van der Waals surface area contributed by atoms with E-state index in [1.165, 1.54) is 18.2 Å². The number of amides is 1. The fourth-order valence-corrected chi connectivity index (χ4v) is 2.30. The van der Waals surface area contributed by atoms with Crippen LogP contribution in [-0.2, 0) is 11.0 Å². The van der Waals surface area contributed by atoms with Gasteiger partial charge in [0.25, 0.3) is 5.91 Å². The highest BCUT2D eigenvalue weighted by Gasteiger charge is 2.33. The lowest BCUT2D eigenvalue weighted by atomic mass is 10.0. The third kappa shape index (κ3) is 5.35. The molecule has 0 aliphatic carbocycles. The van der Waals surface area contributed by atoms with Crippen molar-refractivity contribution in [3.63, 3.8) is 0 Å². The van der Waals surface area contributed by atoms with Crippen molar-refractivity contribution in [3.8, 4) is 6.07 Å². The van der Waals surface area contributed by atoms with Gasteiger partial charge in [-0.05, 0) is 35.7 Å². The molecule has 1 amide bonds. The van der Waals surface area contributed by atoms with Crippen molar-refractivity contribution in [3.05, 3.63) is 71.4 Å². The minimum atomic E-state index is -4.55. The second kappa shape index (κ2) is 8.41. The van der Waals surface area contributed by atoms with E-state index in [1.807, 2.05) is 26.0 Å². The van der Waals surface area contributed by atoms with Crippen LogP contribution in [0.5, 0.6) is 0 Å². The van der Waals surface area contributed by atoms with Crippen molar-refractivity contribution in [2.24, 2.45) is 0 Å². The molecular formula is C20H18F3N3O. The number of rotatable bonds is 5. The number of halogens is 3. The van der Waals surface area contributed by atoms with Crippen molar-refractivity contribution in [1.29, 1.82) is 5.26 Å². The van der Waals surface area contributed by atoms with Crippen molar-refractivity contribution in [1.82, 2.24) is 0 Å². The molecular weight excluding hydrogens is 355 g/mol. The summed E-state index contributed by atoms with van der Waals surface area (Å²) in [6.07, 6.45) is -3.59. The molecule has 7 heteroatoms. The number of hydrogen-bond donors (Lipinski definition) is 2. The van der Waals surface area contributed by atoms with E-state index in [-0.39, 0.29) is 11.3 Å². The van der Waals surface area contributed by atoms with E-state index in [9.17, 15) is 18.0 Å². The molecule has 2 aromatic carbocycles. The van der Waals surface area contributed by atoms with Gasteiger partial charge in [0.15, 0.2) is 0 Å². The second-order valence-electron chi connectivity index (χ2n) is 6.09. The SMILES string of the molecule is CC(C)c1ccc(NC(=O)/C(C#N)=C\Nc2ccccc2C(F)(F)F)cc1. The van der Waals surface area contributed by atoms with Gasteiger partial charge in [-0.15, -0.1) is 0 Å². The van der Waals surface area contributed by atoms with Crippen molar-refractivity contribution in [2.45, 2.75) is 25.9 Å². The number of nitrogens with one attached hydrogen (secondary N) is 2. The van der Waals surface area contributed by atoms with Crippen LogP contribution in [0.2, 0.25) is 0 Å². The Kier molecular flexibility index (Phi) is 6.24. The molecule has 0 atom stereocenters. The lowest BCUT2D eigenvalue weighted by Crippen LogP contribution is -2.15. The maximum absolute atomic E-state index is 13.0. The molecule has 2 N–H and O–H groups in total. The lowest BCUT2D eigenvalue weighted by molar-refractivity contribution is -0.136. The molecule has 27 heavy (non-hydrogen) atoms. The molecule has 4 nitrogen and oxygen atoms in total. The summed E-state index contributed by atoms with van der Waals surface area (Å²) >= 11 is 0. The van der Waals surface area contributed by atoms with Crippen LogP contribution in [0, 0.1) is 11.3 Å². The Labute approximate surface area is 155 Å². The van der Waals surface area contributed by atoms with Gasteiger partial charge in [0.1, 0.15) is 11.6 Å². The van der Waals surface area contributed by atoms with E-state index >= 15 is 0 Å². The van der Waals surface area contributed by atoms with E-state index < -0.39 is 17.6 Å².